The number of phenols is 1. The second-order valence-corrected chi connectivity index (χ2v) is 2.72. The zero-order valence-corrected chi connectivity index (χ0v) is 7.64. The van der Waals surface area contributed by atoms with Crippen LogP contribution < -0.4 is 5.73 Å². The van der Waals surface area contributed by atoms with Gasteiger partial charge in [0.2, 0.25) is 0 Å². The summed E-state index contributed by atoms with van der Waals surface area (Å²) in [6.07, 6.45) is 0. The first-order valence-corrected chi connectivity index (χ1v) is 3.99. The molecule has 1 aromatic carbocycles. The van der Waals surface area contributed by atoms with E-state index in [1.807, 2.05) is 0 Å². The normalized spacial score (nSPS) is 11.4. The Labute approximate surface area is 85.7 Å². The number of carbonyl (C=O) groups is 1. The number of aromatic hydroxyl groups is 1. The Bertz CT molecular complexity index is 472. The van der Waals surface area contributed by atoms with Crippen LogP contribution in [-0.4, -0.2) is 16.1 Å². The smallest absolute Gasteiger partial charge is 0.263 e. The van der Waals surface area contributed by atoms with Crippen LogP contribution in [0, 0.1) is 11.3 Å². The summed E-state index contributed by atoms with van der Waals surface area (Å²) in [7, 11) is 0. The molecule has 1 aromatic rings. The number of phenolic OH excluding ortho intramolecular Hbond substituents is 1. The largest absolute Gasteiger partial charge is 0.507 e. The van der Waals surface area contributed by atoms with Crippen molar-refractivity contribution in [2.24, 2.45) is 5.73 Å². The zero-order chi connectivity index (χ0) is 11.4. The van der Waals surface area contributed by atoms with E-state index >= 15 is 0 Å². The van der Waals surface area contributed by atoms with Gasteiger partial charge in [0.15, 0.2) is 5.57 Å². The van der Waals surface area contributed by atoms with Crippen molar-refractivity contribution >= 4 is 11.7 Å². The van der Waals surface area contributed by atoms with E-state index in [9.17, 15) is 15.0 Å². The van der Waals surface area contributed by atoms with E-state index < -0.39 is 17.2 Å². The van der Waals surface area contributed by atoms with E-state index in [-0.39, 0.29) is 11.3 Å². The predicted octanol–water partition coefficient (Wildman–Crippen LogP) is 0.670. The number of amides is 1. The summed E-state index contributed by atoms with van der Waals surface area (Å²) in [5.74, 6) is -1.90. The molecule has 0 heterocycles. The number of hydrogen-bond donors (Lipinski definition) is 3. The zero-order valence-electron chi connectivity index (χ0n) is 7.64. The molecule has 0 aliphatic carbocycles. The number of aliphatic hydroxyl groups excluding tert-OH is 1. The number of para-hydroxylation sites is 1. The number of carbonyl (C=O) groups excluding carboxylic acids is 1. The number of aliphatic hydroxyl groups is 1. The van der Waals surface area contributed by atoms with Crippen molar-refractivity contribution in [1.29, 1.82) is 5.26 Å². The number of nitrogens with two attached hydrogens (primary N) is 1. The van der Waals surface area contributed by atoms with E-state index in [2.05, 4.69) is 0 Å². The van der Waals surface area contributed by atoms with Crippen molar-refractivity contribution < 1.29 is 15.0 Å². The van der Waals surface area contributed by atoms with Crippen LogP contribution in [0.15, 0.2) is 29.8 Å². The van der Waals surface area contributed by atoms with Gasteiger partial charge in [0.1, 0.15) is 17.6 Å². The minimum Gasteiger partial charge on any atom is -0.507 e. The molecule has 0 saturated heterocycles. The number of nitriles is 1. The van der Waals surface area contributed by atoms with E-state index in [1.165, 1.54) is 18.2 Å². The van der Waals surface area contributed by atoms with Crippen LogP contribution in [-0.2, 0) is 4.79 Å². The third-order valence-electron chi connectivity index (χ3n) is 1.75. The summed E-state index contributed by atoms with van der Waals surface area (Å²) in [6.45, 7) is 0. The van der Waals surface area contributed by atoms with Crippen molar-refractivity contribution in [2.75, 3.05) is 0 Å². The molecule has 5 heteroatoms. The maximum Gasteiger partial charge on any atom is 0.263 e. The Kier molecular flexibility index (Phi) is 2.94. The van der Waals surface area contributed by atoms with Crippen LogP contribution in [0.5, 0.6) is 5.75 Å². The third-order valence-corrected chi connectivity index (χ3v) is 1.75. The standard InChI is InChI=1S/C10H8N2O3/c11-5-7(10(12)15)9(14)6-3-1-2-4-8(6)13/h1-4,13-14H,(H2,12,15). The molecule has 0 radical (unpaired) electrons. The first kappa shape index (κ1) is 10.6. The molecule has 15 heavy (non-hydrogen) atoms. The van der Waals surface area contributed by atoms with Crippen LogP contribution in [0.2, 0.25) is 0 Å². The molecule has 0 spiro atoms. The Morgan fingerprint density at radius 1 is 1.40 bits per heavy atom. The van der Waals surface area contributed by atoms with Crippen LogP contribution >= 0.6 is 0 Å². The second-order valence-electron chi connectivity index (χ2n) is 2.72. The fourth-order valence-corrected chi connectivity index (χ4v) is 1.03. The van der Waals surface area contributed by atoms with Crippen molar-refractivity contribution in [3.63, 3.8) is 0 Å². The fraction of sp³-hybridized carbons (Fsp3) is 0. The molecule has 0 atom stereocenters. The Balaban J connectivity index is 3.37. The topological polar surface area (TPSA) is 107 Å². The van der Waals surface area contributed by atoms with E-state index in [1.54, 1.807) is 12.1 Å². The number of hydrogen-bond acceptors (Lipinski definition) is 4. The molecule has 0 aromatic heterocycles. The average Bonchev–Trinajstić information content (AvgIpc) is 2.18. The molecule has 0 aliphatic heterocycles. The number of nitrogens with zero attached hydrogens (tertiary/aromatic N) is 1. The highest BCUT2D eigenvalue weighted by atomic mass is 16.3. The molecule has 0 aliphatic rings. The molecule has 76 valence electrons. The highest BCUT2D eigenvalue weighted by Crippen LogP contribution is 2.24. The van der Waals surface area contributed by atoms with Crippen molar-refractivity contribution in [3.05, 3.63) is 35.4 Å². The van der Waals surface area contributed by atoms with Gasteiger partial charge in [-0.15, -0.1) is 0 Å². The van der Waals surface area contributed by atoms with Gasteiger partial charge in [0.05, 0.1) is 5.56 Å². The number of benzene rings is 1. The Morgan fingerprint density at radius 2 is 2.00 bits per heavy atom. The summed E-state index contributed by atoms with van der Waals surface area (Å²) in [4.78, 5) is 10.8. The number of primary amides is 1. The first-order valence-electron chi connectivity index (χ1n) is 3.99. The molecule has 5 nitrogen and oxygen atoms in total. The lowest BCUT2D eigenvalue weighted by molar-refractivity contribution is -0.114. The highest BCUT2D eigenvalue weighted by molar-refractivity contribution is 6.02. The van der Waals surface area contributed by atoms with Gasteiger partial charge in [-0.3, -0.25) is 4.79 Å². The van der Waals surface area contributed by atoms with Gasteiger partial charge < -0.3 is 15.9 Å². The maximum absolute atomic E-state index is 10.8. The summed E-state index contributed by atoms with van der Waals surface area (Å²) in [5.41, 5.74) is 4.28. The van der Waals surface area contributed by atoms with Gasteiger partial charge in [0, 0.05) is 0 Å². The van der Waals surface area contributed by atoms with Gasteiger partial charge in [-0.05, 0) is 12.1 Å². The first-order chi connectivity index (χ1) is 7.07. The summed E-state index contributed by atoms with van der Waals surface area (Å²) in [5, 5.41) is 27.4. The van der Waals surface area contributed by atoms with Gasteiger partial charge in [0.25, 0.3) is 5.91 Å². The van der Waals surface area contributed by atoms with Gasteiger partial charge >= 0.3 is 0 Å². The molecular formula is C10H8N2O3. The van der Waals surface area contributed by atoms with Crippen molar-refractivity contribution in [1.82, 2.24) is 0 Å². The quantitative estimate of drug-likeness (QED) is 0.373. The SMILES string of the molecule is N#CC(C(N)=O)=C(O)c1ccccc1O. The van der Waals surface area contributed by atoms with Crippen LogP contribution in [0.25, 0.3) is 5.76 Å². The highest BCUT2D eigenvalue weighted by Gasteiger charge is 2.15. The van der Waals surface area contributed by atoms with Crippen LogP contribution in [0.3, 0.4) is 0 Å². The second kappa shape index (κ2) is 4.15. The van der Waals surface area contributed by atoms with Gasteiger partial charge in [-0.2, -0.15) is 5.26 Å². The molecule has 1 amide bonds. The lowest BCUT2D eigenvalue weighted by Gasteiger charge is -2.03. The van der Waals surface area contributed by atoms with Crippen molar-refractivity contribution in [3.8, 4) is 11.8 Å². The minimum atomic E-state index is -1.04. The fourth-order valence-electron chi connectivity index (χ4n) is 1.03. The minimum absolute atomic E-state index is 0.00662. The third kappa shape index (κ3) is 2.06. The Hall–Kier alpha value is -2.48. The monoisotopic (exact) mass is 204 g/mol. The molecule has 0 fully saturated rings. The van der Waals surface area contributed by atoms with Gasteiger partial charge in [-0.25, -0.2) is 0 Å². The molecule has 4 N–H and O–H groups in total. The molecule has 1 rings (SSSR count). The lowest BCUT2D eigenvalue weighted by atomic mass is 10.1. The molecule has 0 unspecified atom stereocenters. The predicted molar refractivity (Wildman–Crippen MR) is 52.5 cm³/mol. The summed E-state index contributed by atoms with van der Waals surface area (Å²) >= 11 is 0. The molecule has 0 bridgehead atoms. The van der Waals surface area contributed by atoms with Crippen molar-refractivity contribution in [2.45, 2.75) is 0 Å². The lowest BCUT2D eigenvalue weighted by Crippen LogP contribution is -2.14. The molecule has 0 saturated carbocycles. The van der Waals surface area contributed by atoms with Crippen LogP contribution in [0.4, 0.5) is 0 Å². The Morgan fingerprint density at radius 3 is 2.47 bits per heavy atom. The summed E-state index contributed by atoms with van der Waals surface area (Å²) in [6, 6.07) is 7.24. The van der Waals surface area contributed by atoms with E-state index in [4.69, 9.17) is 11.0 Å². The van der Waals surface area contributed by atoms with Gasteiger partial charge in [-0.1, -0.05) is 12.1 Å². The number of rotatable bonds is 2. The summed E-state index contributed by atoms with van der Waals surface area (Å²) < 4.78 is 0. The average molecular weight is 204 g/mol. The van der Waals surface area contributed by atoms with Crippen LogP contribution in [0.1, 0.15) is 5.56 Å². The van der Waals surface area contributed by atoms with E-state index in [0.29, 0.717) is 0 Å². The van der Waals surface area contributed by atoms with E-state index in [0.717, 1.165) is 0 Å². The molecular weight excluding hydrogens is 196 g/mol. The maximum atomic E-state index is 10.8.